The number of nitrogen functional groups attached to an aromatic ring is 1. The fraction of sp³-hybridized carbons (Fsp3) is 0.0714. The minimum atomic E-state index is -0.439. The number of oxazole rings is 1. The Morgan fingerprint density at radius 3 is 2.79 bits per heavy atom. The molecular weight excluding hydrogens is 267 g/mol. The summed E-state index contributed by atoms with van der Waals surface area (Å²) in [5.74, 6) is -0.0450. The molecule has 3 rings (SSSR count). The summed E-state index contributed by atoms with van der Waals surface area (Å²) in [6, 6.07) is 7.94. The van der Waals surface area contributed by atoms with Crippen LogP contribution in [0.1, 0.15) is 5.56 Å². The Morgan fingerprint density at radius 1 is 1.26 bits per heavy atom. The summed E-state index contributed by atoms with van der Waals surface area (Å²) in [5.41, 5.74) is 8.95. The molecule has 2 N–H and O–H groups in total. The molecule has 0 saturated heterocycles. The second kappa shape index (κ2) is 4.24. The quantitative estimate of drug-likeness (QED) is 0.678. The van der Waals surface area contributed by atoms with Gasteiger partial charge in [-0.1, -0.05) is 11.6 Å². The molecule has 3 aromatic rings. The standard InChI is InChI=1S/C14H10ClFN2O/c1-7-4-8(2-3-11(7)17)14-18-12-6-9(16)5-10(15)13(12)19-14/h2-6H,17H2,1H3. The fourth-order valence-corrected chi connectivity index (χ4v) is 2.13. The molecular formula is C14H10ClFN2O. The third-order valence-corrected chi connectivity index (χ3v) is 3.21. The van der Waals surface area contributed by atoms with E-state index in [0.717, 1.165) is 11.1 Å². The van der Waals surface area contributed by atoms with E-state index in [1.54, 1.807) is 12.1 Å². The van der Waals surface area contributed by atoms with Gasteiger partial charge in [-0.05, 0) is 36.8 Å². The van der Waals surface area contributed by atoms with Crippen molar-refractivity contribution in [1.82, 2.24) is 4.98 Å². The van der Waals surface area contributed by atoms with Crippen LogP contribution >= 0.6 is 11.6 Å². The maximum atomic E-state index is 13.2. The van der Waals surface area contributed by atoms with Gasteiger partial charge in [0.05, 0.1) is 5.02 Å². The number of hydrogen-bond acceptors (Lipinski definition) is 3. The molecule has 0 spiro atoms. The van der Waals surface area contributed by atoms with Crippen LogP contribution in [0.4, 0.5) is 10.1 Å². The highest BCUT2D eigenvalue weighted by molar-refractivity contribution is 6.34. The number of halogens is 2. The molecule has 1 aromatic heterocycles. The highest BCUT2D eigenvalue weighted by atomic mass is 35.5. The normalized spacial score (nSPS) is 11.1. The second-order valence-corrected chi connectivity index (χ2v) is 4.73. The van der Waals surface area contributed by atoms with Crippen LogP contribution < -0.4 is 5.73 Å². The zero-order valence-corrected chi connectivity index (χ0v) is 10.8. The second-order valence-electron chi connectivity index (χ2n) is 4.33. The lowest BCUT2D eigenvalue weighted by atomic mass is 10.1. The van der Waals surface area contributed by atoms with Crippen LogP contribution in [0.25, 0.3) is 22.6 Å². The van der Waals surface area contributed by atoms with E-state index in [-0.39, 0.29) is 5.02 Å². The van der Waals surface area contributed by atoms with E-state index in [2.05, 4.69) is 4.98 Å². The third kappa shape index (κ3) is 2.04. The first-order valence-electron chi connectivity index (χ1n) is 5.66. The third-order valence-electron chi connectivity index (χ3n) is 2.93. The monoisotopic (exact) mass is 276 g/mol. The molecule has 0 fully saturated rings. The van der Waals surface area contributed by atoms with Crippen LogP contribution in [-0.4, -0.2) is 4.98 Å². The number of rotatable bonds is 1. The van der Waals surface area contributed by atoms with Crippen LogP contribution in [0.5, 0.6) is 0 Å². The van der Waals surface area contributed by atoms with Gasteiger partial charge in [-0.2, -0.15) is 0 Å². The number of nitrogens with two attached hydrogens (primary N) is 1. The van der Waals surface area contributed by atoms with Gasteiger partial charge in [-0.15, -0.1) is 0 Å². The first-order valence-corrected chi connectivity index (χ1v) is 6.04. The van der Waals surface area contributed by atoms with E-state index in [1.807, 2.05) is 13.0 Å². The van der Waals surface area contributed by atoms with Gasteiger partial charge in [0.1, 0.15) is 11.3 Å². The summed E-state index contributed by atoms with van der Waals surface area (Å²) in [5, 5.41) is 0.209. The van der Waals surface area contributed by atoms with Crippen LogP contribution in [-0.2, 0) is 0 Å². The molecule has 0 bridgehead atoms. The minimum Gasteiger partial charge on any atom is -0.435 e. The van der Waals surface area contributed by atoms with Gasteiger partial charge in [-0.25, -0.2) is 9.37 Å². The molecule has 1 heterocycles. The summed E-state index contributed by atoms with van der Waals surface area (Å²) in [6.45, 7) is 1.90. The van der Waals surface area contributed by atoms with E-state index in [0.29, 0.717) is 22.7 Å². The van der Waals surface area contributed by atoms with Gasteiger partial charge in [0.25, 0.3) is 0 Å². The molecule has 0 saturated carbocycles. The van der Waals surface area contributed by atoms with E-state index < -0.39 is 5.82 Å². The lowest BCUT2D eigenvalue weighted by Gasteiger charge is -2.01. The Labute approximate surface area is 113 Å². The molecule has 0 amide bonds. The molecule has 19 heavy (non-hydrogen) atoms. The Balaban J connectivity index is 2.20. The Kier molecular flexibility index (Phi) is 2.68. The van der Waals surface area contributed by atoms with Gasteiger partial charge in [0.2, 0.25) is 5.89 Å². The Hall–Kier alpha value is -2.07. The van der Waals surface area contributed by atoms with Crippen molar-refractivity contribution in [2.24, 2.45) is 0 Å². The molecule has 0 aliphatic carbocycles. The SMILES string of the molecule is Cc1cc(-c2nc3cc(F)cc(Cl)c3o2)ccc1N. The van der Waals surface area contributed by atoms with Gasteiger partial charge in [0, 0.05) is 17.3 Å². The van der Waals surface area contributed by atoms with E-state index in [4.69, 9.17) is 21.8 Å². The van der Waals surface area contributed by atoms with Crippen LogP contribution in [0.15, 0.2) is 34.7 Å². The van der Waals surface area contributed by atoms with Crippen LogP contribution in [0, 0.1) is 12.7 Å². The molecule has 0 aliphatic heterocycles. The van der Waals surface area contributed by atoms with Gasteiger partial charge >= 0.3 is 0 Å². The lowest BCUT2D eigenvalue weighted by Crippen LogP contribution is -1.89. The molecule has 96 valence electrons. The smallest absolute Gasteiger partial charge is 0.227 e. The first kappa shape index (κ1) is 12.0. The number of hydrogen-bond donors (Lipinski definition) is 1. The zero-order valence-electron chi connectivity index (χ0n) is 10.1. The number of benzene rings is 2. The molecule has 2 aromatic carbocycles. The van der Waals surface area contributed by atoms with Crippen molar-refractivity contribution >= 4 is 28.4 Å². The zero-order chi connectivity index (χ0) is 13.6. The van der Waals surface area contributed by atoms with Crippen molar-refractivity contribution in [3.05, 3.63) is 46.7 Å². The van der Waals surface area contributed by atoms with Crippen LogP contribution in [0.3, 0.4) is 0 Å². The lowest BCUT2D eigenvalue weighted by molar-refractivity contribution is 0.614. The van der Waals surface area contributed by atoms with Crippen molar-refractivity contribution in [3.63, 3.8) is 0 Å². The predicted molar refractivity (Wildman–Crippen MR) is 73.6 cm³/mol. The molecule has 5 heteroatoms. The number of fused-ring (bicyclic) bond motifs is 1. The van der Waals surface area contributed by atoms with Crippen molar-refractivity contribution in [2.45, 2.75) is 6.92 Å². The maximum absolute atomic E-state index is 13.2. The molecule has 0 unspecified atom stereocenters. The number of aryl methyl sites for hydroxylation is 1. The number of aromatic nitrogens is 1. The van der Waals surface area contributed by atoms with Crippen LogP contribution in [0.2, 0.25) is 5.02 Å². The van der Waals surface area contributed by atoms with Gasteiger partial charge < -0.3 is 10.2 Å². The molecule has 3 nitrogen and oxygen atoms in total. The van der Waals surface area contributed by atoms with Crippen molar-refractivity contribution in [3.8, 4) is 11.5 Å². The van der Waals surface area contributed by atoms with Crippen molar-refractivity contribution in [1.29, 1.82) is 0 Å². The topological polar surface area (TPSA) is 52.0 Å². The molecule has 0 radical (unpaired) electrons. The maximum Gasteiger partial charge on any atom is 0.227 e. The largest absolute Gasteiger partial charge is 0.435 e. The number of anilines is 1. The Bertz CT molecular complexity index is 782. The van der Waals surface area contributed by atoms with E-state index in [1.165, 1.54) is 12.1 Å². The highest BCUT2D eigenvalue weighted by Crippen LogP contribution is 2.31. The van der Waals surface area contributed by atoms with Gasteiger partial charge in [0.15, 0.2) is 5.58 Å². The van der Waals surface area contributed by atoms with E-state index in [9.17, 15) is 4.39 Å². The Morgan fingerprint density at radius 2 is 2.05 bits per heavy atom. The molecule has 0 aliphatic rings. The summed E-state index contributed by atoms with van der Waals surface area (Å²) in [7, 11) is 0. The first-order chi connectivity index (χ1) is 9.04. The highest BCUT2D eigenvalue weighted by Gasteiger charge is 2.13. The van der Waals surface area contributed by atoms with Crippen molar-refractivity contribution < 1.29 is 8.81 Å². The number of nitrogens with zero attached hydrogens (tertiary/aromatic N) is 1. The van der Waals surface area contributed by atoms with E-state index >= 15 is 0 Å². The molecule has 0 atom stereocenters. The minimum absolute atomic E-state index is 0.209. The van der Waals surface area contributed by atoms with Gasteiger partial charge in [-0.3, -0.25) is 0 Å². The predicted octanol–water partition coefficient (Wildman–Crippen LogP) is 4.18. The summed E-state index contributed by atoms with van der Waals surface area (Å²) < 4.78 is 18.8. The summed E-state index contributed by atoms with van der Waals surface area (Å²) >= 11 is 5.93. The summed E-state index contributed by atoms with van der Waals surface area (Å²) in [4.78, 5) is 4.24. The average molecular weight is 277 g/mol. The fourth-order valence-electron chi connectivity index (χ4n) is 1.89. The summed E-state index contributed by atoms with van der Waals surface area (Å²) in [6.07, 6.45) is 0. The van der Waals surface area contributed by atoms with Crippen molar-refractivity contribution in [2.75, 3.05) is 5.73 Å². The average Bonchev–Trinajstić information content (AvgIpc) is 2.76.